The Hall–Kier alpha value is -4.04. The lowest BCUT2D eigenvalue weighted by Gasteiger charge is -2.09. The molecule has 0 spiro atoms. The van der Waals surface area contributed by atoms with Crippen LogP contribution in [0.15, 0.2) is 83.3 Å². The van der Waals surface area contributed by atoms with Crippen molar-refractivity contribution >= 4 is 45.4 Å². The van der Waals surface area contributed by atoms with Crippen molar-refractivity contribution in [3.63, 3.8) is 0 Å². The summed E-state index contributed by atoms with van der Waals surface area (Å²) in [5.74, 6) is -0.343. The highest BCUT2D eigenvalue weighted by Gasteiger charge is 2.19. The van der Waals surface area contributed by atoms with E-state index < -0.39 is 10.8 Å². The molecule has 0 saturated carbocycles. The lowest BCUT2D eigenvalue weighted by atomic mass is 10.1. The van der Waals surface area contributed by atoms with Crippen molar-refractivity contribution in [1.29, 1.82) is 0 Å². The number of hydrogen-bond acceptors (Lipinski definition) is 5. The maximum Gasteiger partial charge on any atom is 0.293 e. The molecule has 0 aliphatic carbocycles. The first kappa shape index (κ1) is 19.3. The quantitative estimate of drug-likeness (QED) is 0.271. The van der Waals surface area contributed by atoms with Crippen LogP contribution < -0.4 is 10.6 Å². The number of benzene rings is 3. The van der Waals surface area contributed by atoms with Crippen LogP contribution in [0.25, 0.3) is 22.1 Å². The average Bonchev–Trinajstić information content (AvgIpc) is 3.24. The van der Waals surface area contributed by atoms with E-state index in [-0.39, 0.29) is 22.3 Å². The van der Waals surface area contributed by atoms with Gasteiger partial charge in [0.1, 0.15) is 5.76 Å². The molecule has 2 N–H and O–H groups in total. The van der Waals surface area contributed by atoms with Gasteiger partial charge in [-0.3, -0.25) is 20.2 Å². The molecule has 4 rings (SSSR count). The van der Waals surface area contributed by atoms with E-state index in [1.807, 2.05) is 42.5 Å². The second kappa shape index (κ2) is 8.14. The molecule has 0 fully saturated rings. The number of nitrogens with one attached hydrogen (secondary N) is 2. The molecule has 0 aliphatic rings. The van der Waals surface area contributed by atoms with Crippen LogP contribution in [0, 0.1) is 10.1 Å². The molecule has 1 amide bonds. The van der Waals surface area contributed by atoms with E-state index in [9.17, 15) is 14.9 Å². The molecule has 0 radical (unpaired) electrons. The molecule has 0 unspecified atom stereocenters. The van der Waals surface area contributed by atoms with Crippen LogP contribution in [0.1, 0.15) is 10.6 Å². The molecule has 0 aliphatic heterocycles. The van der Waals surface area contributed by atoms with E-state index in [0.29, 0.717) is 5.56 Å². The van der Waals surface area contributed by atoms with Crippen LogP contribution in [-0.2, 0) is 0 Å². The second-order valence-electron chi connectivity index (χ2n) is 6.41. The van der Waals surface area contributed by atoms with Crippen molar-refractivity contribution in [2.75, 3.05) is 5.32 Å². The Labute approximate surface area is 176 Å². The van der Waals surface area contributed by atoms with Gasteiger partial charge in [-0.2, -0.15) is 0 Å². The first-order valence-corrected chi connectivity index (χ1v) is 9.37. The molecule has 0 saturated heterocycles. The number of nitro groups is 1. The van der Waals surface area contributed by atoms with Gasteiger partial charge in [-0.05, 0) is 53.3 Å². The summed E-state index contributed by atoms with van der Waals surface area (Å²) in [5, 5.41) is 19.0. The van der Waals surface area contributed by atoms with E-state index in [0.717, 1.165) is 16.5 Å². The number of para-hydroxylation sites is 1. The van der Waals surface area contributed by atoms with E-state index in [2.05, 4.69) is 10.6 Å². The normalized spacial score (nSPS) is 10.5. The molecule has 3 aromatic carbocycles. The minimum atomic E-state index is -0.557. The van der Waals surface area contributed by atoms with Crippen molar-refractivity contribution in [3.8, 4) is 11.3 Å². The lowest BCUT2D eigenvalue weighted by Crippen LogP contribution is -2.33. The van der Waals surface area contributed by atoms with Gasteiger partial charge < -0.3 is 9.73 Å². The predicted octanol–water partition coefficient (Wildman–Crippen LogP) is 5.13. The Balaban J connectivity index is 1.46. The molecule has 0 atom stereocenters. The number of carbonyl (C=O) groups is 1. The number of carbonyl (C=O) groups excluding carboxylic acids is 1. The topological polar surface area (TPSA) is 97.4 Å². The molecule has 4 aromatic rings. The zero-order valence-corrected chi connectivity index (χ0v) is 16.3. The van der Waals surface area contributed by atoms with E-state index >= 15 is 0 Å². The van der Waals surface area contributed by atoms with Gasteiger partial charge in [0.15, 0.2) is 10.9 Å². The van der Waals surface area contributed by atoms with Crippen molar-refractivity contribution in [1.82, 2.24) is 5.32 Å². The van der Waals surface area contributed by atoms with Gasteiger partial charge in [0.25, 0.3) is 11.6 Å². The molecule has 148 valence electrons. The summed E-state index contributed by atoms with van der Waals surface area (Å²) in [6.07, 6.45) is 0. The van der Waals surface area contributed by atoms with Crippen LogP contribution in [-0.4, -0.2) is 15.9 Å². The molecule has 7 nitrogen and oxygen atoms in total. The highest BCUT2D eigenvalue weighted by molar-refractivity contribution is 7.80. The predicted molar refractivity (Wildman–Crippen MR) is 118 cm³/mol. The minimum absolute atomic E-state index is 0.00851. The number of hydrogen-bond donors (Lipinski definition) is 2. The summed E-state index contributed by atoms with van der Waals surface area (Å²) >= 11 is 5.22. The van der Waals surface area contributed by atoms with Gasteiger partial charge in [0, 0.05) is 11.8 Å². The third kappa shape index (κ3) is 4.03. The molecule has 30 heavy (non-hydrogen) atoms. The van der Waals surface area contributed by atoms with Crippen LogP contribution in [0.3, 0.4) is 0 Å². The lowest BCUT2D eigenvalue weighted by molar-refractivity contribution is -0.384. The maximum atomic E-state index is 12.5. The Bertz CT molecular complexity index is 1280. The van der Waals surface area contributed by atoms with Gasteiger partial charge >= 0.3 is 0 Å². The highest BCUT2D eigenvalue weighted by Crippen LogP contribution is 2.30. The molecule has 0 bridgehead atoms. The van der Waals surface area contributed by atoms with Gasteiger partial charge in [-0.25, -0.2) is 0 Å². The van der Waals surface area contributed by atoms with Crippen LogP contribution >= 0.6 is 12.2 Å². The fourth-order valence-corrected chi connectivity index (χ4v) is 3.25. The standard InChI is InChI=1S/C22H15N3O4S/c26-21(20-12-11-19(29-20)17-7-3-4-8-18(17)25(27)28)24-22(30)23-16-10-9-14-5-1-2-6-15(14)13-16/h1-13H,(H2,23,24,26,30). The third-order valence-electron chi connectivity index (χ3n) is 4.43. The summed E-state index contributed by atoms with van der Waals surface area (Å²) in [6, 6.07) is 22.7. The molecular formula is C22H15N3O4S. The number of nitrogens with zero attached hydrogens (tertiary/aromatic N) is 1. The Morgan fingerprint density at radius 2 is 1.67 bits per heavy atom. The van der Waals surface area contributed by atoms with Gasteiger partial charge in [-0.1, -0.05) is 42.5 Å². The van der Waals surface area contributed by atoms with E-state index in [1.54, 1.807) is 18.2 Å². The number of anilines is 1. The van der Waals surface area contributed by atoms with Crippen molar-refractivity contribution in [2.45, 2.75) is 0 Å². The second-order valence-corrected chi connectivity index (χ2v) is 6.82. The number of fused-ring (bicyclic) bond motifs is 1. The van der Waals surface area contributed by atoms with Gasteiger partial charge in [0.05, 0.1) is 10.5 Å². The average molecular weight is 417 g/mol. The van der Waals surface area contributed by atoms with E-state index in [4.69, 9.17) is 16.6 Å². The molecule has 1 heterocycles. The zero-order chi connectivity index (χ0) is 21.1. The molecular weight excluding hydrogens is 402 g/mol. The van der Waals surface area contributed by atoms with Crippen LogP contribution in [0.2, 0.25) is 0 Å². The Kier molecular flexibility index (Phi) is 5.23. The monoisotopic (exact) mass is 417 g/mol. The van der Waals surface area contributed by atoms with Crippen molar-refractivity contribution in [2.24, 2.45) is 0 Å². The third-order valence-corrected chi connectivity index (χ3v) is 4.63. The minimum Gasteiger partial charge on any atom is -0.451 e. The number of thiocarbonyl (C=S) groups is 1. The number of rotatable bonds is 4. The zero-order valence-electron chi connectivity index (χ0n) is 15.5. The SMILES string of the molecule is O=C(NC(=S)Nc1ccc2ccccc2c1)c1ccc(-c2ccccc2[N+](=O)[O-])o1. The summed E-state index contributed by atoms with van der Waals surface area (Å²) in [6.45, 7) is 0. The smallest absolute Gasteiger partial charge is 0.293 e. The maximum absolute atomic E-state index is 12.5. The fraction of sp³-hybridized carbons (Fsp3) is 0. The van der Waals surface area contributed by atoms with Crippen molar-refractivity contribution < 1.29 is 14.1 Å². The fourth-order valence-electron chi connectivity index (χ4n) is 3.04. The summed E-state index contributed by atoms with van der Waals surface area (Å²) in [7, 11) is 0. The first-order valence-electron chi connectivity index (χ1n) is 8.96. The Morgan fingerprint density at radius 1 is 0.933 bits per heavy atom. The molecule has 8 heteroatoms. The summed E-state index contributed by atoms with van der Waals surface area (Å²) < 4.78 is 5.53. The number of furan rings is 1. The van der Waals surface area contributed by atoms with Crippen LogP contribution in [0.4, 0.5) is 11.4 Å². The van der Waals surface area contributed by atoms with E-state index in [1.165, 1.54) is 18.2 Å². The van der Waals surface area contributed by atoms with Gasteiger partial charge in [0.2, 0.25) is 0 Å². The number of nitro benzene ring substituents is 1. The Morgan fingerprint density at radius 3 is 2.47 bits per heavy atom. The molecule has 1 aromatic heterocycles. The van der Waals surface area contributed by atoms with Crippen LogP contribution in [0.5, 0.6) is 0 Å². The summed E-state index contributed by atoms with van der Waals surface area (Å²) in [5.41, 5.74) is 0.921. The summed E-state index contributed by atoms with van der Waals surface area (Å²) in [4.78, 5) is 23.2. The highest BCUT2D eigenvalue weighted by atomic mass is 32.1. The van der Waals surface area contributed by atoms with Crippen molar-refractivity contribution in [3.05, 3.63) is 94.7 Å². The largest absolute Gasteiger partial charge is 0.451 e. The number of amides is 1. The van der Waals surface area contributed by atoms with Gasteiger partial charge in [-0.15, -0.1) is 0 Å². The first-order chi connectivity index (χ1) is 14.5.